The smallest absolute Gasteiger partial charge is 0.251 e. The topological polar surface area (TPSA) is 38.3 Å². The summed E-state index contributed by atoms with van der Waals surface area (Å²) in [5, 5.41) is 2.59. The maximum absolute atomic E-state index is 11.4. The molecule has 0 aliphatic heterocycles. The van der Waals surface area contributed by atoms with E-state index in [0.717, 1.165) is 25.0 Å². The third kappa shape index (κ3) is 4.10. The summed E-state index contributed by atoms with van der Waals surface area (Å²) in [7, 11) is 1.63. The first kappa shape index (κ1) is 13.6. The molecule has 17 heavy (non-hydrogen) atoms. The van der Waals surface area contributed by atoms with Crippen molar-refractivity contribution in [3.05, 3.63) is 29.8 Å². The Morgan fingerprint density at radius 3 is 2.41 bits per heavy atom. The van der Waals surface area contributed by atoms with Crippen LogP contribution in [-0.2, 0) is 0 Å². The van der Waals surface area contributed by atoms with E-state index < -0.39 is 0 Å². The number of carbonyl (C=O) groups is 1. The highest BCUT2D eigenvalue weighted by atomic mass is 16.5. The lowest BCUT2D eigenvalue weighted by Gasteiger charge is -2.16. The van der Waals surface area contributed by atoms with Crippen LogP contribution >= 0.6 is 0 Å². The van der Waals surface area contributed by atoms with Gasteiger partial charge in [0.1, 0.15) is 5.75 Å². The van der Waals surface area contributed by atoms with Crippen LogP contribution in [0.5, 0.6) is 5.75 Å². The van der Waals surface area contributed by atoms with Crippen molar-refractivity contribution in [1.29, 1.82) is 0 Å². The Labute approximate surface area is 103 Å². The van der Waals surface area contributed by atoms with E-state index in [1.165, 1.54) is 0 Å². The Morgan fingerprint density at radius 2 is 1.94 bits per heavy atom. The molecule has 1 aromatic rings. The molecule has 1 N–H and O–H groups in total. The fraction of sp³-hybridized carbons (Fsp3) is 0.500. The summed E-state index contributed by atoms with van der Waals surface area (Å²) in [5.74, 6) is 0.759. The molecule has 1 rings (SSSR count). The van der Waals surface area contributed by atoms with E-state index in [1.54, 1.807) is 19.2 Å². The van der Waals surface area contributed by atoms with Crippen LogP contribution in [0, 0.1) is 0 Å². The molecule has 0 aromatic heterocycles. The summed E-state index contributed by atoms with van der Waals surface area (Å²) in [5.41, 5.74) is 0.656. The van der Waals surface area contributed by atoms with Crippen LogP contribution in [0.4, 0.5) is 0 Å². The predicted octanol–water partition coefficient (Wildman–Crippen LogP) is 3.00. The van der Waals surface area contributed by atoms with Crippen LogP contribution in [0.25, 0.3) is 0 Å². The maximum atomic E-state index is 11.4. The Balaban J connectivity index is 2.64. The van der Waals surface area contributed by atoms with Gasteiger partial charge in [0.05, 0.1) is 6.10 Å². The van der Waals surface area contributed by atoms with Gasteiger partial charge in [0, 0.05) is 12.6 Å². The molecule has 0 saturated heterocycles. The number of nitrogens with one attached hydrogen (secondary N) is 1. The molecule has 94 valence electrons. The molecule has 0 radical (unpaired) electrons. The molecule has 3 nitrogen and oxygen atoms in total. The first-order valence-corrected chi connectivity index (χ1v) is 6.20. The first-order chi connectivity index (χ1) is 8.21. The molecule has 1 unspecified atom stereocenters. The van der Waals surface area contributed by atoms with Crippen molar-refractivity contribution in [1.82, 2.24) is 5.32 Å². The third-order valence-electron chi connectivity index (χ3n) is 2.71. The lowest BCUT2D eigenvalue weighted by Crippen LogP contribution is -2.18. The first-order valence-electron chi connectivity index (χ1n) is 6.20. The van der Waals surface area contributed by atoms with Gasteiger partial charge < -0.3 is 10.1 Å². The molecule has 0 heterocycles. The molecular weight excluding hydrogens is 214 g/mol. The molecule has 3 heteroatoms. The highest BCUT2D eigenvalue weighted by Crippen LogP contribution is 2.17. The number of hydrogen-bond donors (Lipinski definition) is 1. The summed E-state index contributed by atoms with van der Waals surface area (Å²) < 4.78 is 5.84. The molecule has 1 aromatic carbocycles. The minimum atomic E-state index is -0.0721. The van der Waals surface area contributed by atoms with Crippen molar-refractivity contribution >= 4 is 5.91 Å². The van der Waals surface area contributed by atoms with Gasteiger partial charge >= 0.3 is 0 Å². The minimum Gasteiger partial charge on any atom is -0.490 e. The molecule has 0 bridgehead atoms. The lowest BCUT2D eigenvalue weighted by molar-refractivity contribution is 0.0963. The molecule has 0 aliphatic rings. The van der Waals surface area contributed by atoms with E-state index in [2.05, 4.69) is 19.2 Å². The van der Waals surface area contributed by atoms with Gasteiger partial charge in [-0.15, -0.1) is 0 Å². The molecule has 1 atom stereocenters. The minimum absolute atomic E-state index is 0.0721. The van der Waals surface area contributed by atoms with Gasteiger partial charge in [-0.05, 0) is 37.1 Å². The van der Waals surface area contributed by atoms with Gasteiger partial charge in [-0.3, -0.25) is 4.79 Å². The van der Waals surface area contributed by atoms with E-state index in [0.29, 0.717) is 5.56 Å². The van der Waals surface area contributed by atoms with Crippen molar-refractivity contribution < 1.29 is 9.53 Å². The second kappa shape index (κ2) is 6.94. The quantitative estimate of drug-likeness (QED) is 0.823. The van der Waals surface area contributed by atoms with E-state index in [9.17, 15) is 4.79 Å². The monoisotopic (exact) mass is 235 g/mol. The van der Waals surface area contributed by atoms with Crippen molar-refractivity contribution in [2.45, 2.75) is 39.2 Å². The maximum Gasteiger partial charge on any atom is 0.251 e. The zero-order valence-corrected chi connectivity index (χ0v) is 10.8. The molecule has 0 fully saturated rings. The van der Waals surface area contributed by atoms with Gasteiger partial charge in [-0.25, -0.2) is 0 Å². The Kier molecular flexibility index (Phi) is 5.53. The van der Waals surface area contributed by atoms with Crippen molar-refractivity contribution in [3.63, 3.8) is 0 Å². The highest BCUT2D eigenvalue weighted by molar-refractivity contribution is 5.94. The molecular formula is C14H21NO2. The van der Waals surface area contributed by atoms with E-state index in [1.807, 2.05) is 12.1 Å². The van der Waals surface area contributed by atoms with Crippen LogP contribution in [0.1, 0.15) is 43.5 Å². The number of rotatable bonds is 6. The zero-order valence-electron chi connectivity index (χ0n) is 10.8. The van der Waals surface area contributed by atoms with Crippen molar-refractivity contribution in [3.8, 4) is 5.75 Å². The number of benzene rings is 1. The standard InChI is InChI=1S/C14H21NO2/c1-4-6-12(5-2)17-13-9-7-11(8-10-13)14(16)15-3/h7-10,12H,4-6H2,1-3H3,(H,15,16). The van der Waals surface area contributed by atoms with Gasteiger partial charge in [0.2, 0.25) is 0 Å². The molecule has 0 aliphatic carbocycles. The number of ether oxygens (including phenoxy) is 1. The predicted molar refractivity (Wildman–Crippen MR) is 69.4 cm³/mol. The summed E-state index contributed by atoms with van der Waals surface area (Å²) in [6, 6.07) is 7.27. The van der Waals surface area contributed by atoms with Crippen LogP contribution < -0.4 is 10.1 Å². The SMILES string of the molecule is CCCC(CC)Oc1ccc(C(=O)NC)cc1. The van der Waals surface area contributed by atoms with Crippen LogP contribution in [0.2, 0.25) is 0 Å². The van der Waals surface area contributed by atoms with E-state index in [4.69, 9.17) is 4.74 Å². The summed E-state index contributed by atoms with van der Waals surface area (Å²) in [4.78, 5) is 11.4. The van der Waals surface area contributed by atoms with Gasteiger partial charge in [0.25, 0.3) is 5.91 Å². The Morgan fingerprint density at radius 1 is 1.29 bits per heavy atom. The van der Waals surface area contributed by atoms with E-state index in [-0.39, 0.29) is 12.0 Å². The summed E-state index contributed by atoms with van der Waals surface area (Å²) in [6.07, 6.45) is 3.46. The van der Waals surface area contributed by atoms with E-state index >= 15 is 0 Å². The normalized spacial score (nSPS) is 11.9. The second-order valence-corrected chi connectivity index (χ2v) is 4.04. The lowest BCUT2D eigenvalue weighted by atomic mass is 10.1. The number of amides is 1. The number of carbonyl (C=O) groups excluding carboxylic acids is 1. The van der Waals surface area contributed by atoms with Crippen molar-refractivity contribution in [2.75, 3.05) is 7.05 Å². The average Bonchev–Trinajstić information content (AvgIpc) is 2.38. The Hall–Kier alpha value is -1.51. The average molecular weight is 235 g/mol. The molecule has 0 saturated carbocycles. The molecule has 0 spiro atoms. The number of hydrogen-bond acceptors (Lipinski definition) is 2. The molecule has 1 amide bonds. The fourth-order valence-corrected chi connectivity index (χ4v) is 1.69. The van der Waals surface area contributed by atoms with Crippen LogP contribution in [-0.4, -0.2) is 19.1 Å². The van der Waals surface area contributed by atoms with Gasteiger partial charge in [-0.2, -0.15) is 0 Å². The highest BCUT2D eigenvalue weighted by Gasteiger charge is 2.07. The third-order valence-corrected chi connectivity index (χ3v) is 2.71. The largest absolute Gasteiger partial charge is 0.490 e. The van der Waals surface area contributed by atoms with Crippen LogP contribution in [0.3, 0.4) is 0 Å². The second-order valence-electron chi connectivity index (χ2n) is 4.04. The van der Waals surface area contributed by atoms with Gasteiger partial charge in [-0.1, -0.05) is 20.3 Å². The van der Waals surface area contributed by atoms with Crippen molar-refractivity contribution in [2.24, 2.45) is 0 Å². The van der Waals surface area contributed by atoms with Gasteiger partial charge in [0.15, 0.2) is 0 Å². The fourth-order valence-electron chi connectivity index (χ4n) is 1.69. The summed E-state index contributed by atoms with van der Waals surface area (Å²) >= 11 is 0. The summed E-state index contributed by atoms with van der Waals surface area (Å²) in [6.45, 7) is 4.28. The zero-order chi connectivity index (χ0) is 12.7. The van der Waals surface area contributed by atoms with Crippen LogP contribution in [0.15, 0.2) is 24.3 Å². The Bertz CT molecular complexity index is 346.